The molecule has 1 atom stereocenters. The molecule has 1 amide bonds. The normalized spacial score (nSPS) is 19.6. The van der Waals surface area contributed by atoms with Gasteiger partial charge < -0.3 is 20.1 Å². The van der Waals surface area contributed by atoms with E-state index >= 15 is 0 Å². The summed E-state index contributed by atoms with van der Waals surface area (Å²) in [6.07, 6.45) is 1.81. The number of hydrogen-bond donors (Lipinski definition) is 2. The molecule has 2 aliphatic rings. The van der Waals surface area contributed by atoms with Crippen molar-refractivity contribution in [1.29, 1.82) is 0 Å². The number of anilines is 1. The summed E-state index contributed by atoms with van der Waals surface area (Å²) in [5.74, 6) is 1.18. The highest BCUT2D eigenvalue weighted by Gasteiger charge is 2.27. The van der Waals surface area contributed by atoms with E-state index in [1.165, 1.54) is 0 Å². The number of nitrogens with one attached hydrogen (secondary N) is 1. The Morgan fingerprint density at radius 2 is 2.03 bits per heavy atom. The van der Waals surface area contributed by atoms with Crippen LogP contribution in [-0.4, -0.2) is 51.9 Å². The minimum absolute atomic E-state index is 0.0183. The van der Waals surface area contributed by atoms with Crippen molar-refractivity contribution in [2.24, 2.45) is 16.0 Å². The third kappa shape index (κ3) is 4.58. The fraction of sp³-hybridized carbons (Fsp3) is 0.333. The van der Waals surface area contributed by atoms with Gasteiger partial charge in [0.15, 0.2) is 5.84 Å². The minimum atomic E-state index is -3.84. The molecule has 164 valence electrons. The van der Waals surface area contributed by atoms with E-state index in [0.717, 1.165) is 12.8 Å². The van der Waals surface area contributed by atoms with Gasteiger partial charge in [0.25, 0.3) is 5.91 Å². The van der Waals surface area contributed by atoms with Crippen molar-refractivity contribution in [1.82, 2.24) is 4.90 Å². The summed E-state index contributed by atoms with van der Waals surface area (Å²) in [4.78, 5) is 14.7. The average molecular weight is 445 g/mol. The second kappa shape index (κ2) is 8.46. The van der Waals surface area contributed by atoms with Gasteiger partial charge in [0, 0.05) is 24.6 Å². The molecular weight excluding hydrogens is 420 g/mol. The number of nitrogens with two attached hydrogens (primary N) is 1. The monoisotopic (exact) mass is 444 g/mol. The van der Waals surface area contributed by atoms with E-state index in [1.54, 1.807) is 49.6 Å². The number of fused-ring (bicyclic) bond motifs is 1. The van der Waals surface area contributed by atoms with E-state index in [1.807, 2.05) is 4.90 Å². The zero-order valence-corrected chi connectivity index (χ0v) is 17.9. The number of nitrogens with zero attached hydrogens (tertiary/aromatic N) is 2. The molecule has 0 aliphatic carbocycles. The van der Waals surface area contributed by atoms with Crippen LogP contribution in [-0.2, 0) is 10.2 Å². The van der Waals surface area contributed by atoms with Crippen LogP contribution >= 0.6 is 0 Å². The number of rotatable bonds is 5. The first-order chi connectivity index (χ1) is 14.9. The van der Waals surface area contributed by atoms with Crippen molar-refractivity contribution < 1.29 is 22.7 Å². The number of methoxy groups -OCH3 is 1. The predicted molar refractivity (Wildman–Crippen MR) is 117 cm³/mol. The lowest BCUT2D eigenvalue weighted by Gasteiger charge is -2.33. The van der Waals surface area contributed by atoms with Gasteiger partial charge in [0.1, 0.15) is 11.5 Å². The topological polar surface area (TPSA) is 123 Å². The van der Waals surface area contributed by atoms with Gasteiger partial charge in [-0.2, -0.15) is 8.42 Å². The summed E-state index contributed by atoms with van der Waals surface area (Å²) >= 11 is 0. The van der Waals surface area contributed by atoms with Gasteiger partial charge in [-0.15, -0.1) is 4.40 Å². The summed E-state index contributed by atoms with van der Waals surface area (Å²) in [5.41, 5.74) is 7.26. The molecule has 2 aromatic rings. The van der Waals surface area contributed by atoms with Crippen LogP contribution in [0.4, 0.5) is 5.69 Å². The van der Waals surface area contributed by atoms with Crippen molar-refractivity contribution >= 4 is 27.6 Å². The highest BCUT2D eigenvalue weighted by molar-refractivity contribution is 7.91. The van der Waals surface area contributed by atoms with Crippen LogP contribution in [0.15, 0.2) is 46.9 Å². The Balaban J connectivity index is 1.42. The summed E-state index contributed by atoms with van der Waals surface area (Å²) in [7, 11) is -2.25. The Kier molecular flexibility index (Phi) is 5.73. The quantitative estimate of drug-likeness (QED) is 0.727. The van der Waals surface area contributed by atoms with Crippen molar-refractivity contribution in [3.63, 3.8) is 0 Å². The molecule has 3 N–H and O–H groups in total. The summed E-state index contributed by atoms with van der Waals surface area (Å²) in [6.45, 7) is 1.66. The van der Waals surface area contributed by atoms with E-state index in [0.29, 0.717) is 48.0 Å². The summed E-state index contributed by atoms with van der Waals surface area (Å²) < 4.78 is 40.5. The molecule has 1 saturated heterocycles. The molecule has 9 nitrogen and oxygen atoms in total. The van der Waals surface area contributed by atoms with Gasteiger partial charge in [-0.1, -0.05) is 6.07 Å². The summed E-state index contributed by atoms with van der Waals surface area (Å²) in [6, 6.07) is 12.1. The van der Waals surface area contributed by atoms with E-state index in [9.17, 15) is 13.2 Å². The lowest BCUT2D eigenvalue weighted by molar-refractivity contribution is 0.0633. The van der Waals surface area contributed by atoms with Gasteiger partial charge in [0.2, 0.25) is 0 Å². The van der Waals surface area contributed by atoms with Crippen LogP contribution in [0, 0.1) is 5.92 Å². The second-order valence-corrected chi connectivity index (χ2v) is 8.87. The van der Waals surface area contributed by atoms with Gasteiger partial charge in [0.05, 0.1) is 25.0 Å². The second-order valence-electron chi connectivity index (χ2n) is 7.53. The molecule has 10 heteroatoms. The van der Waals surface area contributed by atoms with Crippen LogP contribution in [0.25, 0.3) is 0 Å². The van der Waals surface area contributed by atoms with E-state index in [-0.39, 0.29) is 17.7 Å². The van der Waals surface area contributed by atoms with Crippen molar-refractivity contribution in [2.45, 2.75) is 12.8 Å². The standard InChI is InChI=1S/C21H24N4O5S/c1-29-16-9-7-15(8-10-16)21(26)25-11-3-4-14(12-25)13-30-18-6-2-5-17-19(18)20(22)24-31(27,28)23-17/h2,5-10,14,23H,3-4,11-13H2,1H3,(H2,22,24). The number of amidine groups is 1. The number of hydrogen-bond acceptors (Lipinski definition) is 6. The lowest BCUT2D eigenvalue weighted by Crippen LogP contribution is -2.41. The molecule has 0 spiro atoms. The van der Waals surface area contributed by atoms with Crippen LogP contribution in [0.2, 0.25) is 0 Å². The first kappa shape index (κ1) is 21.0. The maximum atomic E-state index is 12.9. The average Bonchev–Trinajstić information content (AvgIpc) is 2.76. The lowest BCUT2D eigenvalue weighted by atomic mass is 9.98. The minimum Gasteiger partial charge on any atom is -0.497 e. The molecule has 0 bridgehead atoms. The molecular formula is C21H24N4O5S. The Bertz CT molecular complexity index is 1120. The predicted octanol–water partition coefficient (Wildman–Crippen LogP) is 2.00. The fourth-order valence-corrected chi connectivity index (χ4v) is 4.69. The molecule has 0 saturated carbocycles. The fourth-order valence-electron chi connectivity index (χ4n) is 3.85. The summed E-state index contributed by atoms with van der Waals surface area (Å²) in [5, 5.41) is 0. The van der Waals surface area contributed by atoms with E-state index in [2.05, 4.69) is 9.12 Å². The number of carbonyl (C=O) groups is 1. The Hall–Kier alpha value is -3.27. The van der Waals surface area contributed by atoms with E-state index < -0.39 is 10.2 Å². The smallest absolute Gasteiger partial charge is 0.344 e. The number of carbonyl (C=O) groups excluding carboxylic acids is 1. The van der Waals surface area contributed by atoms with Crippen LogP contribution < -0.4 is 19.9 Å². The zero-order valence-electron chi connectivity index (χ0n) is 17.1. The molecule has 2 aromatic carbocycles. The zero-order chi connectivity index (χ0) is 22.0. The molecule has 31 heavy (non-hydrogen) atoms. The van der Waals surface area contributed by atoms with Gasteiger partial charge in [-0.05, 0) is 49.2 Å². The first-order valence-corrected chi connectivity index (χ1v) is 11.4. The molecule has 4 rings (SSSR count). The molecule has 0 radical (unpaired) electrons. The number of benzene rings is 2. The highest BCUT2D eigenvalue weighted by Crippen LogP contribution is 2.31. The maximum absolute atomic E-state index is 12.9. The number of ether oxygens (including phenoxy) is 2. The Morgan fingerprint density at radius 1 is 1.26 bits per heavy atom. The van der Waals surface area contributed by atoms with Gasteiger partial charge >= 0.3 is 10.2 Å². The largest absolute Gasteiger partial charge is 0.497 e. The Labute approximate surface area is 181 Å². The SMILES string of the molecule is COc1ccc(C(=O)N2CCCC(COc3cccc4c3C(N)=NS(=O)(=O)N4)C2)cc1. The highest BCUT2D eigenvalue weighted by atomic mass is 32.2. The Morgan fingerprint density at radius 3 is 2.77 bits per heavy atom. The number of amides is 1. The molecule has 2 heterocycles. The van der Waals surface area contributed by atoms with Crippen molar-refractivity contribution in [3.8, 4) is 11.5 Å². The van der Waals surface area contributed by atoms with Crippen LogP contribution in [0.5, 0.6) is 11.5 Å². The number of piperidine rings is 1. The molecule has 2 aliphatic heterocycles. The van der Waals surface area contributed by atoms with Crippen LogP contribution in [0.1, 0.15) is 28.8 Å². The molecule has 1 unspecified atom stereocenters. The maximum Gasteiger partial charge on any atom is 0.344 e. The molecule has 1 fully saturated rings. The first-order valence-electron chi connectivity index (χ1n) is 9.94. The third-order valence-corrected chi connectivity index (χ3v) is 6.27. The van der Waals surface area contributed by atoms with Gasteiger partial charge in [-0.3, -0.25) is 9.52 Å². The van der Waals surface area contributed by atoms with Crippen molar-refractivity contribution in [3.05, 3.63) is 53.6 Å². The van der Waals surface area contributed by atoms with Crippen molar-refractivity contribution in [2.75, 3.05) is 31.5 Å². The van der Waals surface area contributed by atoms with E-state index in [4.69, 9.17) is 15.2 Å². The molecule has 0 aromatic heterocycles. The van der Waals surface area contributed by atoms with Crippen LogP contribution in [0.3, 0.4) is 0 Å². The third-order valence-electron chi connectivity index (χ3n) is 5.36. The number of likely N-dealkylation sites (tertiary alicyclic amines) is 1. The van der Waals surface area contributed by atoms with Gasteiger partial charge in [-0.25, -0.2) is 0 Å².